The van der Waals surface area contributed by atoms with E-state index in [1.165, 1.54) is 0 Å². The van der Waals surface area contributed by atoms with Crippen molar-refractivity contribution in [3.63, 3.8) is 0 Å². The van der Waals surface area contributed by atoms with Gasteiger partial charge in [-0.15, -0.1) is 0 Å². The normalized spacial score (nSPS) is 12.8. The third kappa shape index (κ3) is 4.81. The Kier molecular flexibility index (Phi) is 5.95. The number of aryl methyl sites for hydroxylation is 1. The number of nitro groups is 1. The summed E-state index contributed by atoms with van der Waals surface area (Å²) in [5, 5.41) is 14.5. The van der Waals surface area contributed by atoms with Gasteiger partial charge in [0.1, 0.15) is 5.69 Å². The molecule has 0 bridgehead atoms. The van der Waals surface area contributed by atoms with E-state index in [-0.39, 0.29) is 16.7 Å². The van der Waals surface area contributed by atoms with Gasteiger partial charge in [-0.2, -0.15) is 0 Å². The van der Waals surface area contributed by atoms with Gasteiger partial charge in [0.05, 0.1) is 4.92 Å². The summed E-state index contributed by atoms with van der Waals surface area (Å²) in [4.78, 5) is 12.9. The molecule has 1 rings (SSSR count). The van der Waals surface area contributed by atoms with Crippen molar-refractivity contribution < 1.29 is 4.92 Å². The number of likely N-dealkylation sites (N-methyl/N-ethyl adjacent to an activating group) is 1. The Morgan fingerprint density at radius 1 is 1.35 bits per heavy atom. The maximum Gasteiger partial charge on any atom is 0.292 e. The first-order valence-electron chi connectivity index (χ1n) is 6.96. The molecular formula is C15H25N3O2. The highest BCUT2D eigenvalue weighted by Gasteiger charge is 2.20. The van der Waals surface area contributed by atoms with Crippen LogP contribution >= 0.6 is 0 Å². The molecule has 0 aromatic heterocycles. The summed E-state index contributed by atoms with van der Waals surface area (Å²) < 4.78 is 0. The number of anilines is 1. The van der Waals surface area contributed by atoms with E-state index in [0.29, 0.717) is 11.6 Å². The van der Waals surface area contributed by atoms with Gasteiger partial charge in [0.25, 0.3) is 5.69 Å². The summed E-state index contributed by atoms with van der Waals surface area (Å²) in [7, 11) is 4.03. The Morgan fingerprint density at radius 2 is 2.00 bits per heavy atom. The zero-order valence-corrected chi connectivity index (χ0v) is 13.0. The molecule has 1 aromatic rings. The lowest BCUT2D eigenvalue weighted by Crippen LogP contribution is -2.34. The molecule has 0 fully saturated rings. The van der Waals surface area contributed by atoms with E-state index in [1.54, 1.807) is 12.1 Å². The van der Waals surface area contributed by atoms with Gasteiger partial charge in [-0.3, -0.25) is 10.1 Å². The molecule has 0 radical (unpaired) electrons. The number of benzene rings is 1. The van der Waals surface area contributed by atoms with E-state index in [4.69, 9.17) is 0 Å². The maximum absolute atomic E-state index is 11.2. The standard InChI is InChI=1S/C15H25N3O2/c1-11(2)9-13(10-17(4)5)16-15-12(3)7-6-8-14(15)18(19)20/h6-8,11,13,16H,9-10H2,1-5H3. The Balaban J connectivity index is 3.00. The SMILES string of the molecule is Cc1cccc([N+](=O)[O-])c1NC(CC(C)C)CN(C)C. The highest BCUT2D eigenvalue weighted by atomic mass is 16.6. The third-order valence-electron chi connectivity index (χ3n) is 3.14. The summed E-state index contributed by atoms with van der Waals surface area (Å²) in [5.41, 5.74) is 1.70. The van der Waals surface area contributed by atoms with Crippen LogP contribution in [0.2, 0.25) is 0 Å². The Hall–Kier alpha value is -1.62. The number of hydrogen-bond donors (Lipinski definition) is 1. The molecule has 0 aliphatic rings. The van der Waals surface area contributed by atoms with Crippen LogP contribution in [0.3, 0.4) is 0 Å². The first kappa shape index (κ1) is 16.4. The molecule has 1 N–H and O–H groups in total. The lowest BCUT2D eigenvalue weighted by atomic mass is 10.0. The van der Waals surface area contributed by atoms with Gasteiger partial charge in [0.15, 0.2) is 0 Å². The van der Waals surface area contributed by atoms with Crippen molar-refractivity contribution in [3.05, 3.63) is 33.9 Å². The molecule has 0 saturated carbocycles. The largest absolute Gasteiger partial charge is 0.375 e. The molecule has 0 saturated heterocycles. The van der Waals surface area contributed by atoms with E-state index < -0.39 is 0 Å². The molecule has 0 spiro atoms. The Bertz CT molecular complexity index is 448. The zero-order valence-electron chi connectivity index (χ0n) is 13.0. The van der Waals surface area contributed by atoms with Crippen LogP contribution in [0, 0.1) is 23.0 Å². The molecule has 0 aliphatic heterocycles. The van der Waals surface area contributed by atoms with Crippen LogP contribution in [0.25, 0.3) is 0 Å². The van der Waals surface area contributed by atoms with Crippen molar-refractivity contribution in [1.29, 1.82) is 0 Å². The summed E-state index contributed by atoms with van der Waals surface area (Å²) in [6.45, 7) is 7.08. The highest BCUT2D eigenvalue weighted by molar-refractivity contribution is 5.66. The van der Waals surface area contributed by atoms with Gasteiger partial charge in [0, 0.05) is 18.7 Å². The quantitative estimate of drug-likeness (QED) is 0.614. The van der Waals surface area contributed by atoms with Crippen molar-refractivity contribution in [2.45, 2.75) is 33.2 Å². The van der Waals surface area contributed by atoms with Gasteiger partial charge in [0.2, 0.25) is 0 Å². The fraction of sp³-hybridized carbons (Fsp3) is 0.600. The van der Waals surface area contributed by atoms with Crippen molar-refractivity contribution in [1.82, 2.24) is 4.90 Å². The number of hydrogen-bond acceptors (Lipinski definition) is 4. The monoisotopic (exact) mass is 279 g/mol. The van der Waals surface area contributed by atoms with Gasteiger partial charge < -0.3 is 10.2 Å². The first-order valence-corrected chi connectivity index (χ1v) is 6.96. The topological polar surface area (TPSA) is 58.4 Å². The smallest absolute Gasteiger partial charge is 0.292 e. The van der Waals surface area contributed by atoms with Crippen LogP contribution in [0.5, 0.6) is 0 Å². The van der Waals surface area contributed by atoms with E-state index >= 15 is 0 Å². The van der Waals surface area contributed by atoms with Gasteiger partial charge in [-0.25, -0.2) is 0 Å². The second kappa shape index (κ2) is 7.24. The molecule has 1 unspecified atom stereocenters. The summed E-state index contributed by atoms with van der Waals surface area (Å²) in [6, 6.07) is 5.38. The molecule has 5 nitrogen and oxygen atoms in total. The minimum Gasteiger partial charge on any atom is -0.375 e. The van der Waals surface area contributed by atoms with Crippen LogP contribution < -0.4 is 5.32 Å². The number of para-hydroxylation sites is 1. The van der Waals surface area contributed by atoms with E-state index in [2.05, 4.69) is 24.1 Å². The summed E-state index contributed by atoms with van der Waals surface area (Å²) in [5.74, 6) is 0.538. The first-order chi connectivity index (χ1) is 9.31. The second-order valence-electron chi connectivity index (χ2n) is 5.96. The Labute approximate surface area is 121 Å². The van der Waals surface area contributed by atoms with E-state index in [1.807, 2.05) is 27.1 Å². The summed E-state index contributed by atoms with van der Waals surface area (Å²) in [6.07, 6.45) is 0.976. The number of nitrogens with one attached hydrogen (secondary N) is 1. The van der Waals surface area contributed by atoms with Crippen LogP contribution in [0.4, 0.5) is 11.4 Å². The molecular weight excluding hydrogens is 254 g/mol. The maximum atomic E-state index is 11.2. The average molecular weight is 279 g/mol. The molecule has 1 aromatic carbocycles. The molecule has 0 amide bonds. The van der Waals surface area contributed by atoms with Crippen molar-refractivity contribution in [3.8, 4) is 0 Å². The van der Waals surface area contributed by atoms with Gasteiger partial charge >= 0.3 is 0 Å². The molecule has 112 valence electrons. The fourth-order valence-corrected chi connectivity index (χ4v) is 2.39. The predicted molar refractivity (Wildman–Crippen MR) is 83.3 cm³/mol. The van der Waals surface area contributed by atoms with E-state index in [9.17, 15) is 10.1 Å². The molecule has 0 heterocycles. The lowest BCUT2D eigenvalue weighted by Gasteiger charge is -2.25. The van der Waals surface area contributed by atoms with Crippen LogP contribution in [0.1, 0.15) is 25.8 Å². The molecule has 1 atom stereocenters. The number of rotatable bonds is 7. The second-order valence-corrected chi connectivity index (χ2v) is 5.96. The average Bonchev–Trinajstić information content (AvgIpc) is 2.29. The zero-order chi connectivity index (χ0) is 15.3. The van der Waals surface area contributed by atoms with Gasteiger partial charge in [-0.1, -0.05) is 26.0 Å². The highest BCUT2D eigenvalue weighted by Crippen LogP contribution is 2.29. The third-order valence-corrected chi connectivity index (χ3v) is 3.14. The van der Waals surface area contributed by atoms with E-state index in [0.717, 1.165) is 18.5 Å². The lowest BCUT2D eigenvalue weighted by molar-refractivity contribution is -0.384. The van der Waals surface area contributed by atoms with Gasteiger partial charge in [-0.05, 0) is 38.9 Å². The molecule has 5 heteroatoms. The van der Waals surface area contributed by atoms with Crippen LogP contribution in [0.15, 0.2) is 18.2 Å². The van der Waals surface area contributed by atoms with Crippen molar-refractivity contribution in [2.75, 3.05) is 26.0 Å². The van der Waals surface area contributed by atoms with Crippen molar-refractivity contribution >= 4 is 11.4 Å². The number of nitro benzene ring substituents is 1. The number of nitrogens with zero attached hydrogens (tertiary/aromatic N) is 2. The Morgan fingerprint density at radius 3 is 2.50 bits per heavy atom. The minimum absolute atomic E-state index is 0.150. The van der Waals surface area contributed by atoms with Crippen molar-refractivity contribution in [2.24, 2.45) is 5.92 Å². The minimum atomic E-state index is -0.322. The molecule has 0 aliphatic carbocycles. The van der Waals surface area contributed by atoms with Crippen LogP contribution in [-0.2, 0) is 0 Å². The summed E-state index contributed by atoms with van der Waals surface area (Å²) >= 11 is 0. The fourth-order valence-electron chi connectivity index (χ4n) is 2.39. The predicted octanol–water partition coefficient (Wildman–Crippen LogP) is 3.29. The van der Waals surface area contributed by atoms with Crippen LogP contribution in [-0.4, -0.2) is 36.5 Å². The molecule has 20 heavy (non-hydrogen) atoms.